The van der Waals surface area contributed by atoms with Crippen LogP contribution in [0, 0.1) is 0 Å². The van der Waals surface area contributed by atoms with Gasteiger partial charge in [0, 0.05) is 30.9 Å². The average molecular weight is 275 g/mol. The second-order valence-electron chi connectivity index (χ2n) is 5.75. The summed E-state index contributed by atoms with van der Waals surface area (Å²) in [5, 5.41) is 6.66. The highest BCUT2D eigenvalue weighted by atomic mass is 16.1. The van der Waals surface area contributed by atoms with E-state index in [-0.39, 0.29) is 11.8 Å². The zero-order valence-electron chi connectivity index (χ0n) is 12.7. The van der Waals surface area contributed by atoms with Crippen LogP contribution in [0.2, 0.25) is 0 Å². The van der Waals surface area contributed by atoms with Gasteiger partial charge in [0.2, 0.25) is 0 Å². The van der Waals surface area contributed by atoms with Crippen molar-refractivity contribution in [2.45, 2.75) is 25.8 Å². The van der Waals surface area contributed by atoms with Crippen molar-refractivity contribution >= 4 is 11.5 Å². The lowest BCUT2D eigenvalue weighted by Gasteiger charge is -2.20. The van der Waals surface area contributed by atoms with Gasteiger partial charge in [-0.15, -0.1) is 0 Å². The molecular formula is C16H25N3O. The van der Waals surface area contributed by atoms with Gasteiger partial charge in [-0.3, -0.25) is 4.79 Å². The van der Waals surface area contributed by atoms with Crippen molar-refractivity contribution in [3.63, 3.8) is 0 Å². The lowest BCUT2D eigenvalue weighted by molar-refractivity contribution is 0.0950. The number of fused-ring (bicyclic) bond motifs is 1. The molecule has 1 heterocycles. The molecule has 0 amide bonds. The van der Waals surface area contributed by atoms with Crippen molar-refractivity contribution in [1.82, 2.24) is 10.2 Å². The number of hydrogen-bond acceptors (Lipinski definition) is 4. The topological polar surface area (TPSA) is 44.4 Å². The van der Waals surface area contributed by atoms with E-state index in [0.717, 1.165) is 38.0 Å². The first-order chi connectivity index (χ1) is 9.58. The van der Waals surface area contributed by atoms with Crippen LogP contribution in [0.5, 0.6) is 0 Å². The van der Waals surface area contributed by atoms with Gasteiger partial charge in [0.05, 0.1) is 6.04 Å². The first-order valence-electron chi connectivity index (χ1n) is 7.37. The summed E-state index contributed by atoms with van der Waals surface area (Å²) >= 11 is 0. The Hall–Kier alpha value is -1.39. The van der Waals surface area contributed by atoms with Crippen LogP contribution in [0.4, 0.5) is 5.69 Å². The van der Waals surface area contributed by atoms with E-state index < -0.39 is 0 Å². The Balaban J connectivity index is 1.98. The first-order valence-corrected chi connectivity index (χ1v) is 7.37. The molecule has 0 fully saturated rings. The van der Waals surface area contributed by atoms with Gasteiger partial charge in [-0.25, -0.2) is 0 Å². The van der Waals surface area contributed by atoms with E-state index in [4.69, 9.17) is 0 Å². The number of ketones is 1. The van der Waals surface area contributed by atoms with Crippen LogP contribution in [0.15, 0.2) is 18.2 Å². The van der Waals surface area contributed by atoms with E-state index in [1.165, 1.54) is 11.3 Å². The molecule has 2 N–H and O–H groups in total. The highest BCUT2D eigenvalue weighted by Crippen LogP contribution is 2.23. The standard InChI is InChI=1S/C16H25N3O/c1-12(17-9-10-19(2)3)16(20)14-6-7-15-13(11-14)5-4-8-18-15/h6-7,11-12,17-18H,4-5,8-10H2,1-3H3. The molecule has 0 aliphatic carbocycles. The second-order valence-corrected chi connectivity index (χ2v) is 5.75. The van der Waals surface area contributed by atoms with E-state index in [1.807, 2.05) is 39.2 Å². The molecule has 0 saturated carbocycles. The SMILES string of the molecule is CC(NCCN(C)C)C(=O)c1ccc2c(c1)CCCN2. The van der Waals surface area contributed by atoms with Gasteiger partial charge in [0.15, 0.2) is 5.78 Å². The largest absolute Gasteiger partial charge is 0.385 e. The number of benzene rings is 1. The summed E-state index contributed by atoms with van der Waals surface area (Å²) in [7, 11) is 4.06. The number of carbonyl (C=O) groups is 1. The van der Waals surface area contributed by atoms with Crippen molar-refractivity contribution in [2.75, 3.05) is 39.0 Å². The number of hydrogen-bond donors (Lipinski definition) is 2. The molecule has 110 valence electrons. The second kappa shape index (κ2) is 6.86. The number of aryl methyl sites for hydroxylation is 1. The summed E-state index contributed by atoms with van der Waals surface area (Å²) < 4.78 is 0. The molecule has 4 heteroatoms. The van der Waals surface area contributed by atoms with Gasteiger partial charge in [0.25, 0.3) is 0 Å². The molecule has 1 aromatic rings. The molecule has 2 rings (SSSR count). The minimum absolute atomic E-state index is 0.135. The van der Waals surface area contributed by atoms with Gasteiger partial charge in [0.1, 0.15) is 0 Å². The Morgan fingerprint density at radius 2 is 2.25 bits per heavy atom. The predicted octanol–water partition coefficient (Wildman–Crippen LogP) is 1.77. The zero-order valence-corrected chi connectivity index (χ0v) is 12.7. The predicted molar refractivity (Wildman–Crippen MR) is 83.6 cm³/mol. The van der Waals surface area contributed by atoms with Crippen molar-refractivity contribution < 1.29 is 4.79 Å². The number of nitrogens with zero attached hydrogens (tertiary/aromatic N) is 1. The first kappa shape index (κ1) is 15.0. The zero-order chi connectivity index (χ0) is 14.5. The third kappa shape index (κ3) is 3.81. The highest BCUT2D eigenvalue weighted by Gasteiger charge is 2.17. The van der Waals surface area contributed by atoms with Crippen LogP contribution < -0.4 is 10.6 Å². The number of likely N-dealkylation sites (N-methyl/N-ethyl adjacent to an activating group) is 1. The number of carbonyl (C=O) groups excluding carboxylic acids is 1. The smallest absolute Gasteiger partial charge is 0.179 e. The maximum atomic E-state index is 12.4. The lowest BCUT2D eigenvalue weighted by atomic mass is 9.97. The highest BCUT2D eigenvalue weighted by molar-refractivity contribution is 6.00. The van der Waals surface area contributed by atoms with Gasteiger partial charge in [-0.05, 0) is 57.6 Å². The maximum Gasteiger partial charge on any atom is 0.179 e. The molecule has 0 radical (unpaired) electrons. The fraction of sp³-hybridized carbons (Fsp3) is 0.562. The van der Waals surface area contributed by atoms with E-state index in [9.17, 15) is 4.79 Å². The van der Waals surface area contributed by atoms with Crippen LogP contribution in [0.3, 0.4) is 0 Å². The molecule has 20 heavy (non-hydrogen) atoms. The maximum absolute atomic E-state index is 12.4. The fourth-order valence-electron chi connectivity index (χ4n) is 2.48. The van der Waals surface area contributed by atoms with E-state index in [0.29, 0.717) is 0 Å². The molecule has 0 saturated heterocycles. The molecule has 1 aromatic carbocycles. The van der Waals surface area contributed by atoms with Crippen molar-refractivity contribution in [2.24, 2.45) is 0 Å². The molecule has 0 spiro atoms. The number of nitrogens with one attached hydrogen (secondary N) is 2. The van der Waals surface area contributed by atoms with Crippen molar-refractivity contribution in [1.29, 1.82) is 0 Å². The van der Waals surface area contributed by atoms with Crippen LogP contribution >= 0.6 is 0 Å². The third-order valence-electron chi connectivity index (χ3n) is 3.73. The summed E-state index contributed by atoms with van der Waals surface area (Å²) in [5.41, 5.74) is 3.26. The minimum atomic E-state index is -0.135. The van der Waals surface area contributed by atoms with Crippen molar-refractivity contribution in [3.05, 3.63) is 29.3 Å². The molecule has 1 atom stereocenters. The van der Waals surface area contributed by atoms with Crippen LogP contribution in [0.25, 0.3) is 0 Å². The van der Waals surface area contributed by atoms with Crippen LogP contribution in [-0.4, -0.2) is 50.5 Å². The van der Waals surface area contributed by atoms with E-state index >= 15 is 0 Å². The van der Waals surface area contributed by atoms with Crippen molar-refractivity contribution in [3.8, 4) is 0 Å². The molecule has 4 nitrogen and oxygen atoms in total. The third-order valence-corrected chi connectivity index (χ3v) is 3.73. The van der Waals surface area contributed by atoms with Gasteiger partial charge < -0.3 is 15.5 Å². The Morgan fingerprint density at radius 3 is 3.00 bits per heavy atom. The van der Waals surface area contributed by atoms with E-state index in [2.05, 4.69) is 15.5 Å². The summed E-state index contributed by atoms with van der Waals surface area (Å²) in [6, 6.07) is 5.88. The number of anilines is 1. The molecule has 1 unspecified atom stereocenters. The monoisotopic (exact) mass is 275 g/mol. The Bertz CT molecular complexity index is 471. The summed E-state index contributed by atoms with van der Waals surface area (Å²) in [5.74, 6) is 0.178. The summed E-state index contributed by atoms with van der Waals surface area (Å²) in [6.45, 7) is 4.73. The number of Topliss-reactive ketones (excluding diaryl/α,β-unsaturated/α-hetero) is 1. The van der Waals surface area contributed by atoms with Crippen LogP contribution in [-0.2, 0) is 6.42 Å². The van der Waals surface area contributed by atoms with Gasteiger partial charge in [-0.1, -0.05) is 0 Å². The molecule has 0 bridgehead atoms. The van der Waals surface area contributed by atoms with Crippen LogP contribution in [0.1, 0.15) is 29.3 Å². The van der Waals surface area contributed by atoms with Gasteiger partial charge in [-0.2, -0.15) is 0 Å². The van der Waals surface area contributed by atoms with E-state index in [1.54, 1.807) is 0 Å². The minimum Gasteiger partial charge on any atom is -0.385 e. The molecule has 1 aliphatic rings. The fourth-order valence-corrected chi connectivity index (χ4v) is 2.48. The molecule has 1 aliphatic heterocycles. The quantitative estimate of drug-likeness (QED) is 0.777. The molecular weight excluding hydrogens is 250 g/mol. The summed E-state index contributed by atoms with van der Waals surface area (Å²) in [6.07, 6.45) is 2.20. The summed E-state index contributed by atoms with van der Waals surface area (Å²) in [4.78, 5) is 14.5. The average Bonchev–Trinajstić information content (AvgIpc) is 2.45. The molecule has 0 aromatic heterocycles. The Morgan fingerprint density at radius 1 is 1.45 bits per heavy atom. The number of rotatable bonds is 6. The Labute approximate surface area is 121 Å². The van der Waals surface area contributed by atoms with Gasteiger partial charge >= 0.3 is 0 Å². The Kier molecular flexibility index (Phi) is 5.15. The lowest BCUT2D eigenvalue weighted by Crippen LogP contribution is -2.38. The normalized spacial score (nSPS) is 15.6.